The van der Waals surface area contributed by atoms with Gasteiger partial charge in [-0.2, -0.15) is 9.49 Å². The Labute approximate surface area is 175 Å². The zero-order chi connectivity index (χ0) is 21.5. The van der Waals surface area contributed by atoms with Gasteiger partial charge in [-0.25, -0.2) is 0 Å². The summed E-state index contributed by atoms with van der Waals surface area (Å²) < 4.78 is 20.6. The van der Waals surface area contributed by atoms with Crippen molar-refractivity contribution in [3.63, 3.8) is 0 Å². The number of unbranched alkanes of at least 4 members (excludes halogenated alkanes) is 1. The van der Waals surface area contributed by atoms with Gasteiger partial charge in [-0.1, -0.05) is 43.5 Å². The number of halogens is 1. The molecule has 30 heavy (non-hydrogen) atoms. The first kappa shape index (κ1) is 21.4. The molecule has 0 bridgehead atoms. The summed E-state index contributed by atoms with van der Waals surface area (Å²) in [6.45, 7) is 3.79. The van der Waals surface area contributed by atoms with Gasteiger partial charge in [0.05, 0.1) is 23.2 Å². The number of carbonyl (C=O) groups is 1. The first-order chi connectivity index (χ1) is 14.5. The molecule has 3 aromatic rings. The monoisotopic (exact) mass is 408 g/mol. The van der Waals surface area contributed by atoms with E-state index in [1.54, 1.807) is 13.0 Å². The average molecular weight is 408 g/mol. The molecule has 2 atom stereocenters. The molecule has 2 N–H and O–H groups in total. The quantitative estimate of drug-likeness (QED) is 0.452. The summed E-state index contributed by atoms with van der Waals surface area (Å²) in [7, 11) is 0. The Hall–Kier alpha value is -3.33. The average Bonchev–Trinajstić information content (AvgIpc) is 3.12. The van der Waals surface area contributed by atoms with Crippen molar-refractivity contribution in [2.24, 2.45) is 0 Å². The van der Waals surface area contributed by atoms with Crippen molar-refractivity contribution in [2.45, 2.75) is 51.6 Å². The van der Waals surface area contributed by atoms with Crippen LogP contribution in [0.3, 0.4) is 0 Å². The molecule has 0 aliphatic rings. The van der Waals surface area contributed by atoms with Gasteiger partial charge in [-0.15, -0.1) is 5.92 Å². The maximum atomic E-state index is 14.3. The third-order valence-corrected chi connectivity index (χ3v) is 4.99. The second kappa shape index (κ2) is 9.93. The number of benzene rings is 2. The Balaban J connectivity index is 1.87. The number of H-pyrrole nitrogens is 1. The summed E-state index contributed by atoms with van der Waals surface area (Å²) in [6, 6.07) is 12.8. The first-order valence-corrected chi connectivity index (χ1v) is 10.1. The fourth-order valence-corrected chi connectivity index (χ4v) is 3.53. The van der Waals surface area contributed by atoms with Crippen LogP contribution < -0.4 is 4.74 Å². The predicted octanol–water partition coefficient (Wildman–Crippen LogP) is 5.59. The highest BCUT2D eigenvalue weighted by Gasteiger charge is 2.20. The van der Waals surface area contributed by atoms with Gasteiger partial charge in [0.2, 0.25) is 5.95 Å². The largest absolute Gasteiger partial charge is 0.486 e. The van der Waals surface area contributed by atoms with Gasteiger partial charge in [-0.05, 0) is 43.5 Å². The first-order valence-electron chi connectivity index (χ1n) is 10.1. The Kier molecular flexibility index (Phi) is 7.08. The molecule has 0 saturated carbocycles. The minimum absolute atomic E-state index is 0.0536. The van der Waals surface area contributed by atoms with E-state index >= 15 is 0 Å². The van der Waals surface area contributed by atoms with Crippen molar-refractivity contribution in [1.82, 2.24) is 10.2 Å². The van der Waals surface area contributed by atoms with Crippen LogP contribution in [0.5, 0.6) is 5.75 Å². The van der Waals surface area contributed by atoms with Crippen LogP contribution in [-0.4, -0.2) is 21.3 Å². The molecule has 0 fully saturated rings. The van der Waals surface area contributed by atoms with E-state index in [0.717, 1.165) is 30.4 Å². The van der Waals surface area contributed by atoms with Crippen LogP contribution in [0.25, 0.3) is 10.9 Å². The van der Waals surface area contributed by atoms with Crippen LogP contribution in [0.15, 0.2) is 42.5 Å². The highest BCUT2D eigenvalue weighted by Crippen LogP contribution is 2.33. The van der Waals surface area contributed by atoms with E-state index in [1.807, 2.05) is 36.4 Å². The van der Waals surface area contributed by atoms with Gasteiger partial charge in [0, 0.05) is 5.56 Å². The molecule has 3 rings (SSSR count). The minimum atomic E-state index is -0.891. The van der Waals surface area contributed by atoms with Crippen molar-refractivity contribution >= 4 is 16.9 Å². The number of aromatic amines is 1. The summed E-state index contributed by atoms with van der Waals surface area (Å²) in [5, 5.41) is 16.0. The topological polar surface area (TPSA) is 75.2 Å². The van der Waals surface area contributed by atoms with E-state index in [0.29, 0.717) is 16.7 Å². The van der Waals surface area contributed by atoms with Crippen molar-refractivity contribution in [3.05, 3.63) is 59.5 Å². The molecular formula is C24H25FN2O3. The van der Waals surface area contributed by atoms with Crippen molar-refractivity contribution in [2.75, 3.05) is 0 Å². The van der Waals surface area contributed by atoms with Gasteiger partial charge >= 0.3 is 5.97 Å². The van der Waals surface area contributed by atoms with Crippen LogP contribution >= 0.6 is 0 Å². The van der Waals surface area contributed by atoms with Crippen molar-refractivity contribution in [3.8, 4) is 17.6 Å². The maximum Gasteiger partial charge on any atom is 0.304 e. The van der Waals surface area contributed by atoms with E-state index in [-0.39, 0.29) is 18.4 Å². The second-order valence-corrected chi connectivity index (χ2v) is 7.14. The van der Waals surface area contributed by atoms with E-state index in [4.69, 9.17) is 9.84 Å². The second-order valence-electron chi connectivity index (χ2n) is 7.14. The Morgan fingerprint density at radius 2 is 2.03 bits per heavy atom. The predicted molar refractivity (Wildman–Crippen MR) is 114 cm³/mol. The third kappa shape index (κ3) is 4.98. The minimum Gasteiger partial charge on any atom is -0.486 e. The molecule has 1 heterocycles. The highest BCUT2D eigenvalue weighted by atomic mass is 19.1. The summed E-state index contributed by atoms with van der Waals surface area (Å²) in [5.74, 6) is 4.65. The van der Waals surface area contributed by atoms with Crippen LogP contribution in [0, 0.1) is 17.8 Å². The highest BCUT2D eigenvalue weighted by molar-refractivity contribution is 5.82. The Morgan fingerprint density at radius 1 is 1.27 bits per heavy atom. The number of aliphatic carboxylic acids is 1. The Morgan fingerprint density at radius 3 is 2.70 bits per heavy atom. The van der Waals surface area contributed by atoms with Crippen molar-refractivity contribution in [1.29, 1.82) is 0 Å². The molecule has 0 radical (unpaired) electrons. The Bertz CT molecular complexity index is 1060. The van der Waals surface area contributed by atoms with Gasteiger partial charge in [-0.3, -0.25) is 9.89 Å². The van der Waals surface area contributed by atoms with E-state index in [9.17, 15) is 9.18 Å². The molecule has 0 saturated heterocycles. The standard InChI is InChI=1S/C24H25FN2O3/c1-3-5-10-21(19-8-6-9-20-23(19)24(25)27-26-20)30-18-13-11-16(12-14-18)17(7-4-2)15-22(28)29/h6,8-9,11-14,17,21H,3,5,10,15H2,1-2H3,(H,26,27)(H,28,29). The molecule has 0 spiro atoms. The molecular weight excluding hydrogens is 383 g/mol. The molecule has 5 nitrogen and oxygen atoms in total. The number of ether oxygens (including phenoxy) is 1. The number of carboxylic acids is 1. The molecule has 0 amide bonds. The number of nitrogens with one attached hydrogen (secondary N) is 1. The van der Waals surface area contributed by atoms with Crippen LogP contribution in [0.4, 0.5) is 4.39 Å². The van der Waals surface area contributed by atoms with Crippen LogP contribution in [-0.2, 0) is 4.79 Å². The molecule has 1 aromatic heterocycles. The molecule has 0 aliphatic heterocycles. The third-order valence-electron chi connectivity index (χ3n) is 4.99. The summed E-state index contributed by atoms with van der Waals surface area (Å²) in [6.07, 6.45) is 2.30. The fourth-order valence-electron chi connectivity index (χ4n) is 3.53. The molecule has 6 heteroatoms. The lowest BCUT2D eigenvalue weighted by Gasteiger charge is -2.21. The van der Waals surface area contributed by atoms with Crippen molar-refractivity contribution < 1.29 is 19.0 Å². The van der Waals surface area contributed by atoms with E-state index in [2.05, 4.69) is 29.0 Å². The number of nitrogens with zero attached hydrogens (tertiary/aromatic N) is 1. The van der Waals surface area contributed by atoms with Gasteiger partial charge in [0.15, 0.2) is 0 Å². The van der Waals surface area contributed by atoms with Crippen LogP contribution in [0.2, 0.25) is 0 Å². The molecule has 2 aromatic carbocycles. The number of rotatable bonds is 9. The fraction of sp³-hybridized carbons (Fsp3) is 0.333. The zero-order valence-corrected chi connectivity index (χ0v) is 17.1. The lowest BCUT2D eigenvalue weighted by molar-refractivity contribution is -0.137. The normalized spacial score (nSPS) is 12.8. The molecule has 156 valence electrons. The van der Waals surface area contributed by atoms with Crippen LogP contribution in [0.1, 0.15) is 62.7 Å². The number of carboxylic acid groups (broad SMARTS) is 1. The number of hydrogen-bond donors (Lipinski definition) is 2. The number of hydrogen-bond acceptors (Lipinski definition) is 3. The summed E-state index contributed by atoms with van der Waals surface area (Å²) in [4.78, 5) is 11.1. The van der Waals surface area contributed by atoms with E-state index in [1.165, 1.54) is 0 Å². The molecule has 0 aliphatic carbocycles. The summed E-state index contributed by atoms with van der Waals surface area (Å²) >= 11 is 0. The van der Waals surface area contributed by atoms with E-state index < -0.39 is 11.9 Å². The zero-order valence-electron chi connectivity index (χ0n) is 17.1. The SMILES string of the molecule is CC#CC(CC(=O)O)c1ccc(OC(CCCC)c2cccc3n[nH]c(F)c23)cc1. The maximum absolute atomic E-state index is 14.3. The smallest absolute Gasteiger partial charge is 0.304 e. The lowest BCUT2D eigenvalue weighted by Crippen LogP contribution is -2.09. The molecule has 2 unspecified atom stereocenters. The lowest BCUT2D eigenvalue weighted by atomic mass is 9.96. The number of fused-ring (bicyclic) bond motifs is 1. The number of aromatic nitrogens is 2. The van der Waals surface area contributed by atoms with Gasteiger partial charge in [0.25, 0.3) is 0 Å². The summed E-state index contributed by atoms with van der Waals surface area (Å²) in [5.41, 5.74) is 2.16. The van der Waals surface area contributed by atoms with Gasteiger partial charge < -0.3 is 9.84 Å². The van der Waals surface area contributed by atoms with Gasteiger partial charge in [0.1, 0.15) is 11.9 Å².